The lowest BCUT2D eigenvalue weighted by Gasteiger charge is -2.11. The Labute approximate surface area is 162 Å². The largest absolute Gasteiger partial charge is 0.493 e. The number of fused-ring (bicyclic) bond motifs is 2. The second-order valence-corrected chi connectivity index (χ2v) is 7.73. The van der Waals surface area contributed by atoms with Crippen molar-refractivity contribution >= 4 is 39.2 Å². The van der Waals surface area contributed by atoms with E-state index in [2.05, 4.69) is 18.2 Å². The van der Waals surface area contributed by atoms with Crippen LogP contribution in [0.4, 0.5) is 5.00 Å². The number of nitrogens with two attached hydrogens (primary N) is 1. The number of nitrogens with zero attached hydrogens (tertiary/aromatic N) is 1. The zero-order valence-corrected chi connectivity index (χ0v) is 16.1. The molecular formula is C22H22N2O2S. The van der Waals surface area contributed by atoms with Gasteiger partial charge in [0.25, 0.3) is 5.91 Å². The van der Waals surface area contributed by atoms with Crippen molar-refractivity contribution in [3.63, 3.8) is 0 Å². The Kier molecular flexibility index (Phi) is 4.94. The molecule has 1 aromatic heterocycles. The van der Waals surface area contributed by atoms with E-state index < -0.39 is 0 Å². The summed E-state index contributed by atoms with van der Waals surface area (Å²) in [6.45, 7) is 2.55. The Morgan fingerprint density at radius 2 is 2.04 bits per heavy atom. The summed E-state index contributed by atoms with van der Waals surface area (Å²) in [4.78, 5) is 18.0. The highest BCUT2D eigenvalue weighted by Crippen LogP contribution is 2.40. The lowest BCUT2D eigenvalue weighted by atomic mass is 9.95. The van der Waals surface area contributed by atoms with Gasteiger partial charge in [0, 0.05) is 16.7 Å². The second-order valence-electron chi connectivity index (χ2n) is 6.65. The Balaban J connectivity index is 1.83. The van der Waals surface area contributed by atoms with Crippen molar-refractivity contribution in [2.24, 2.45) is 10.7 Å². The topological polar surface area (TPSA) is 64.7 Å². The van der Waals surface area contributed by atoms with Gasteiger partial charge in [0.05, 0.1) is 12.2 Å². The first-order valence-electron chi connectivity index (χ1n) is 9.32. The molecule has 1 aliphatic carbocycles. The molecule has 0 saturated heterocycles. The molecule has 5 heteroatoms. The van der Waals surface area contributed by atoms with Gasteiger partial charge in [-0.1, -0.05) is 30.3 Å². The fourth-order valence-corrected chi connectivity index (χ4v) is 4.95. The minimum absolute atomic E-state index is 0.385. The molecule has 1 aliphatic rings. The van der Waals surface area contributed by atoms with Crippen LogP contribution in [0.2, 0.25) is 0 Å². The van der Waals surface area contributed by atoms with Gasteiger partial charge in [-0.05, 0) is 55.0 Å². The molecule has 1 heterocycles. The lowest BCUT2D eigenvalue weighted by molar-refractivity contribution is 0.100. The van der Waals surface area contributed by atoms with E-state index in [0.29, 0.717) is 17.2 Å². The molecule has 0 radical (unpaired) electrons. The number of carbonyl (C=O) groups is 1. The molecule has 2 aromatic carbocycles. The minimum atomic E-state index is -0.385. The zero-order chi connectivity index (χ0) is 18.8. The monoisotopic (exact) mass is 378 g/mol. The number of thiophene rings is 1. The summed E-state index contributed by atoms with van der Waals surface area (Å²) in [5, 5.41) is 2.92. The third kappa shape index (κ3) is 3.35. The molecule has 27 heavy (non-hydrogen) atoms. The van der Waals surface area contributed by atoms with Gasteiger partial charge in [-0.3, -0.25) is 4.79 Å². The summed E-state index contributed by atoms with van der Waals surface area (Å²) in [6, 6.07) is 12.2. The Bertz CT molecular complexity index is 1040. The molecular weight excluding hydrogens is 356 g/mol. The standard InChI is InChI=1S/C22H22N2O2S/c1-2-26-18-12-11-14-7-3-4-8-15(14)17(18)13-24-22-20(21(23)25)16-9-5-6-10-19(16)27-22/h3-4,7-8,11-13H,2,5-6,9-10H2,1H3,(H2,23,25). The maximum Gasteiger partial charge on any atom is 0.252 e. The quantitative estimate of drug-likeness (QED) is 0.633. The molecule has 2 N–H and O–H groups in total. The molecule has 0 bridgehead atoms. The Hall–Kier alpha value is -2.66. The minimum Gasteiger partial charge on any atom is -0.493 e. The van der Waals surface area contributed by atoms with E-state index >= 15 is 0 Å². The van der Waals surface area contributed by atoms with Crippen molar-refractivity contribution < 1.29 is 9.53 Å². The van der Waals surface area contributed by atoms with Crippen LogP contribution in [0.5, 0.6) is 5.75 Å². The van der Waals surface area contributed by atoms with Crippen LogP contribution < -0.4 is 10.5 Å². The Morgan fingerprint density at radius 1 is 1.22 bits per heavy atom. The highest BCUT2D eigenvalue weighted by Gasteiger charge is 2.23. The first-order valence-corrected chi connectivity index (χ1v) is 10.1. The molecule has 0 aliphatic heterocycles. The van der Waals surface area contributed by atoms with Gasteiger partial charge in [-0.15, -0.1) is 11.3 Å². The number of aliphatic imine (C=N–C) groups is 1. The lowest BCUT2D eigenvalue weighted by Crippen LogP contribution is -2.14. The number of primary amides is 1. The van der Waals surface area contributed by atoms with Crippen molar-refractivity contribution in [1.82, 2.24) is 0 Å². The fourth-order valence-electron chi connectivity index (χ4n) is 3.71. The summed E-state index contributed by atoms with van der Waals surface area (Å²) in [5.74, 6) is 0.409. The SMILES string of the molecule is CCOc1ccc2ccccc2c1C=Nc1sc2c(c1C(N)=O)CCCC2. The molecule has 1 amide bonds. The number of benzene rings is 2. The first kappa shape index (κ1) is 17.7. The summed E-state index contributed by atoms with van der Waals surface area (Å²) >= 11 is 1.59. The van der Waals surface area contributed by atoms with E-state index in [-0.39, 0.29) is 5.91 Å². The molecule has 138 valence electrons. The Morgan fingerprint density at radius 3 is 2.85 bits per heavy atom. The average molecular weight is 378 g/mol. The zero-order valence-electron chi connectivity index (χ0n) is 15.3. The van der Waals surface area contributed by atoms with E-state index in [1.807, 2.05) is 31.3 Å². The van der Waals surface area contributed by atoms with E-state index in [9.17, 15) is 4.79 Å². The number of rotatable bonds is 5. The van der Waals surface area contributed by atoms with Gasteiger partial charge >= 0.3 is 0 Å². The van der Waals surface area contributed by atoms with E-state index in [1.54, 1.807) is 11.3 Å². The van der Waals surface area contributed by atoms with Gasteiger partial charge in [-0.2, -0.15) is 0 Å². The van der Waals surface area contributed by atoms with Crippen molar-refractivity contribution in [2.45, 2.75) is 32.6 Å². The van der Waals surface area contributed by atoms with Crippen LogP contribution in [0.25, 0.3) is 10.8 Å². The highest BCUT2D eigenvalue weighted by atomic mass is 32.1. The normalized spacial score (nSPS) is 13.8. The molecule has 0 spiro atoms. The van der Waals surface area contributed by atoms with Gasteiger partial charge < -0.3 is 10.5 Å². The van der Waals surface area contributed by atoms with Gasteiger partial charge in [0.15, 0.2) is 0 Å². The molecule has 0 fully saturated rings. The van der Waals surface area contributed by atoms with Crippen molar-refractivity contribution in [2.75, 3.05) is 6.61 Å². The van der Waals surface area contributed by atoms with E-state index in [1.165, 1.54) is 4.88 Å². The second kappa shape index (κ2) is 7.53. The number of aryl methyl sites for hydroxylation is 1. The van der Waals surface area contributed by atoms with Crippen molar-refractivity contribution in [3.8, 4) is 5.75 Å². The highest BCUT2D eigenvalue weighted by molar-refractivity contribution is 7.16. The van der Waals surface area contributed by atoms with Crippen LogP contribution in [-0.4, -0.2) is 18.7 Å². The van der Waals surface area contributed by atoms with Gasteiger partial charge in [0.2, 0.25) is 0 Å². The number of carbonyl (C=O) groups excluding carboxylic acids is 1. The molecule has 0 atom stereocenters. The third-order valence-corrected chi connectivity index (χ3v) is 6.14. The summed E-state index contributed by atoms with van der Waals surface area (Å²) in [5.41, 5.74) is 8.32. The van der Waals surface area contributed by atoms with Crippen LogP contribution in [0, 0.1) is 0 Å². The fraction of sp³-hybridized carbons (Fsp3) is 0.273. The van der Waals surface area contributed by atoms with Crippen LogP contribution in [0.1, 0.15) is 46.1 Å². The maximum atomic E-state index is 12.1. The predicted molar refractivity (Wildman–Crippen MR) is 112 cm³/mol. The van der Waals surface area contributed by atoms with Crippen LogP contribution in [-0.2, 0) is 12.8 Å². The van der Waals surface area contributed by atoms with E-state index in [4.69, 9.17) is 15.5 Å². The van der Waals surface area contributed by atoms with Gasteiger partial charge in [-0.25, -0.2) is 4.99 Å². The summed E-state index contributed by atoms with van der Waals surface area (Å²) < 4.78 is 5.81. The number of hydrogen-bond acceptors (Lipinski definition) is 4. The van der Waals surface area contributed by atoms with Crippen LogP contribution in [0.15, 0.2) is 41.4 Å². The summed E-state index contributed by atoms with van der Waals surface area (Å²) in [7, 11) is 0. The van der Waals surface area contributed by atoms with Crippen molar-refractivity contribution in [1.29, 1.82) is 0 Å². The molecule has 0 unspecified atom stereocenters. The average Bonchev–Trinajstić information content (AvgIpc) is 3.05. The smallest absolute Gasteiger partial charge is 0.252 e. The maximum absolute atomic E-state index is 12.1. The van der Waals surface area contributed by atoms with E-state index in [0.717, 1.165) is 53.3 Å². The first-order chi connectivity index (χ1) is 13.2. The number of hydrogen-bond donors (Lipinski definition) is 1. The van der Waals surface area contributed by atoms with Gasteiger partial charge in [0.1, 0.15) is 10.8 Å². The van der Waals surface area contributed by atoms with Crippen LogP contribution >= 0.6 is 11.3 Å². The third-order valence-electron chi connectivity index (χ3n) is 4.94. The molecule has 0 saturated carbocycles. The number of ether oxygens (including phenoxy) is 1. The van der Waals surface area contributed by atoms with Crippen molar-refractivity contribution in [3.05, 3.63) is 58.0 Å². The summed E-state index contributed by atoms with van der Waals surface area (Å²) in [6.07, 6.45) is 6.00. The number of amides is 1. The molecule has 3 aromatic rings. The predicted octanol–water partition coefficient (Wildman–Crippen LogP) is 5.03. The molecule has 4 rings (SSSR count). The van der Waals surface area contributed by atoms with Crippen LogP contribution in [0.3, 0.4) is 0 Å². The molecule has 4 nitrogen and oxygen atoms in total.